The van der Waals surface area contributed by atoms with Gasteiger partial charge in [-0.3, -0.25) is 9.69 Å². The van der Waals surface area contributed by atoms with Crippen LogP contribution in [-0.2, 0) is 23.4 Å². The van der Waals surface area contributed by atoms with Crippen LogP contribution < -0.4 is 4.90 Å². The summed E-state index contributed by atoms with van der Waals surface area (Å²) in [5.74, 6) is -0.163. The number of fused-ring (bicyclic) bond motifs is 1. The summed E-state index contributed by atoms with van der Waals surface area (Å²) in [6.07, 6.45) is 0.496. The van der Waals surface area contributed by atoms with Crippen LogP contribution in [0, 0.1) is 5.92 Å². The molecule has 1 unspecified atom stereocenters. The zero-order valence-corrected chi connectivity index (χ0v) is 17.1. The number of aliphatic hydroxyl groups is 1. The molecule has 1 aliphatic heterocycles. The van der Waals surface area contributed by atoms with Crippen molar-refractivity contribution in [1.29, 1.82) is 0 Å². The van der Waals surface area contributed by atoms with Crippen molar-refractivity contribution in [3.05, 3.63) is 40.5 Å². The summed E-state index contributed by atoms with van der Waals surface area (Å²) in [5.41, 5.74) is 0.860. The van der Waals surface area contributed by atoms with Crippen molar-refractivity contribution >= 4 is 33.2 Å². The highest BCUT2D eigenvalue weighted by Gasteiger charge is 2.42. The first-order valence-electron chi connectivity index (χ1n) is 8.95. The van der Waals surface area contributed by atoms with Crippen molar-refractivity contribution in [2.45, 2.75) is 30.9 Å². The number of sulfone groups is 1. The normalized spacial score (nSPS) is 19.9. The van der Waals surface area contributed by atoms with Crippen LogP contribution >= 0.6 is 11.6 Å². The minimum Gasteiger partial charge on any atom is -0.356 e. The zero-order valence-electron chi connectivity index (χ0n) is 15.5. The van der Waals surface area contributed by atoms with Gasteiger partial charge in [-0.1, -0.05) is 29.8 Å². The molecule has 0 saturated heterocycles. The molecule has 0 bridgehead atoms. The van der Waals surface area contributed by atoms with Crippen LogP contribution in [0.2, 0.25) is 5.02 Å². The highest BCUT2D eigenvalue weighted by atomic mass is 35.5. The number of aromatic nitrogens is 2. The van der Waals surface area contributed by atoms with E-state index in [1.165, 1.54) is 23.6 Å². The lowest BCUT2D eigenvalue weighted by molar-refractivity contribution is 0.0117. The second kappa shape index (κ2) is 6.75. The summed E-state index contributed by atoms with van der Waals surface area (Å²) in [6.45, 7) is 0.171. The predicted molar refractivity (Wildman–Crippen MR) is 104 cm³/mol. The van der Waals surface area contributed by atoms with E-state index >= 15 is 0 Å². The van der Waals surface area contributed by atoms with Crippen LogP contribution in [-0.4, -0.2) is 53.0 Å². The van der Waals surface area contributed by atoms with Gasteiger partial charge in [-0.25, -0.2) is 8.42 Å². The molecule has 2 aliphatic rings. The molecule has 1 atom stereocenters. The van der Waals surface area contributed by atoms with E-state index in [0.717, 1.165) is 23.3 Å². The third-order valence-corrected chi connectivity index (χ3v) is 7.39. The Morgan fingerprint density at radius 1 is 1.25 bits per heavy atom. The number of halogens is 1. The van der Waals surface area contributed by atoms with Gasteiger partial charge in [0.25, 0.3) is 5.91 Å². The van der Waals surface area contributed by atoms with Crippen LogP contribution in [0.4, 0.5) is 5.82 Å². The van der Waals surface area contributed by atoms with Crippen LogP contribution in [0.5, 0.6) is 0 Å². The topological polar surface area (TPSA) is 95.7 Å². The maximum Gasteiger partial charge on any atom is 0.277 e. The first-order valence-corrected chi connectivity index (χ1v) is 11.0. The maximum atomic E-state index is 12.8. The molecule has 0 radical (unpaired) electrons. The summed E-state index contributed by atoms with van der Waals surface area (Å²) >= 11 is 6.25. The molecular weight excluding hydrogens is 404 g/mol. The van der Waals surface area contributed by atoms with Crippen molar-refractivity contribution in [3.8, 4) is 0 Å². The number of rotatable bonds is 5. The Labute approximate surface area is 168 Å². The molecule has 1 fully saturated rings. The molecule has 10 heteroatoms. The van der Waals surface area contributed by atoms with Crippen molar-refractivity contribution in [3.63, 3.8) is 0 Å². The number of aliphatic hydroxyl groups excluding tert-OH is 1. The number of benzene rings is 1. The number of imidazole rings is 1. The minimum absolute atomic E-state index is 0.0217. The Bertz CT molecular complexity index is 1050. The quantitative estimate of drug-likeness (QED) is 0.783. The molecule has 1 aromatic carbocycles. The monoisotopic (exact) mass is 424 g/mol. The summed E-state index contributed by atoms with van der Waals surface area (Å²) < 4.78 is 26.9. The van der Waals surface area contributed by atoms with Crippen LogP contribution in [0.25, 0.3) is 0 Å². The number of hydrogen-bond donors (Lipinski definition) is 1. The fourth-order valence-electron chi connectivity index (χ4n) is 3.41. The van der Waals surface area contributed by atoms with Crippen molar-refractivity contribution < 1.29 is 18.3 Å². The van der Waals surface area contributed by atoms with E-state index in [0.29, 0.717) is 5.02 Å². The zero-order chi connectivity index (χ0) is 20.2. The van der Waals surface area contributed by atoms with Crippen molar-refractivity contribution in [2.24, 2.45) is 13.0 Å². The standard InChI is InChI=1S/C18H21ClN4O4S/c1-21-14-15(20-17(21)28(26,27)10-11-7-8-11)23(18(25)22(2)16(14)24)9-12-5-3-4-6-13(12)19/h3-6,11,18,25H,7-10H2,1-2H3. The van der Waals surface area contributed by atoms with Crippen LogP contribution in [0.3, 0.4) is 0 Å². The lowest BCUT2D eigenvalue weighted by atomic mass is 10.2. The highest BCUT2D eigenvalue weighted by molar-refractivity contribution is 7.91. The summed E-state index contributed by atoms with van der Waals surface area (Å²) in [6, 6.07) is 7.14. The first-order chi connectivity index (χ1) is 13.2. The van der Waals surface area contributed by atoms with Gasteiger partial charge in [0.05, 0.1) is 12.3 Å². The second-order valence-electron chi connectivity index (χ2n) is 7.33. The average Bonchev–Trinajstić information content (AvgIpc) is 3.37. The molecule has 150 valence electrons. The maximum absolute atomic E-state index is 12.8. The Morgan fingerprint density at radius 2 is 1.93 bits per heavy atom. The highest BCUT2D eigenvalue weighted by Crippen LogP contribution is 2.36. The molecule has 2 aromatic rings. The summed E-state index contributed by atoms with van der Waals surface area (Å²) in [5, 5.41) is 11.0. The molecule has 1 N–H and O–H groups in total. The largest absolute Gasteiger partial charge is 0.356 e. The average molecular weight is 425 g/mol. The van der Waals surface area contributed by atoms with Gasteiger partial charge in [0, 0.05) is 19.1 Å². The van der Waals surface area contributed by atoms with Gasteiger partial charge in [0.1, 0.15) is 0 Å². The molecule has 0 spiro atoms. The van der Waals surface area contributed by atoms with Gasteiger partial charge in [-0.2, -0.15) is 4.98 Å². The fraction of sp³-hybridized carbons (Fsp3) is 0.444. The van der Waals surface area contributed by atoms with Crippen LogP contribution in [0.15, 0.2) is 29.4 Å². The number of hydrogen-bond acceptors (Lipinski definition) is 6. The van der Waals surface area contributed by atoms with E-state index in [4.69, 9.17) is 11.6 Å². The predicted octanol–water partition coefficient (Wildman–Crippen LogP) is 1.63. The van der Waals surface area contributed by atoms with Gasteiger partial charge >= 0.3 is 0 Å². The van der Waals surface area contributed by atoms with E-state index < -0.39 is 22.1 Å². The third kappa shape index (κ3) is 3.17. The smallest absolute Gasteiger partial charge is 0.277 e. The molecular formula is C18H21ClN4O4S. The van der Waals surface area contributed by atoms with E-state index in [1.807, 2.05) is 6.07 Å². The molecule has 1 aliphatic carbocycles. The molecule has 28 heavy (non-hydrogen) atoms. The van der Waals surface area contributed by atoms with Gasteiger partial charge in [0.2, 0.25) is 21.3 Å². The Kier molecular flexibility index (Phi) is 4.64. The van der Waals surface area contributed by atoms with E-state index in [2.05, 4.69) is 4.98 Å². The number of nitrogens with zero attached hydrogens (tertiary/aromatic N) is 4. The van der Waals surface area contributed by atoms with Gasteiger partial charge < -0.3 is 14.6 Å². The lowest BCUT2D eigenvalue weighted by Crippen LogP contribution is -2.53. The van der Waals surface area contributed by atoms with E-state index in [9.17, 15) is 18.3 Å². The Morgan fingerprint density at radius 3 is 2.57 bits per heavy atom. The number of carbonyl (C=O) groups excluding carboxylic acids is 1. The SMILES string of the molecule is CN1C(=O)c2c(nc(S(=O)(=O)CC3CC3)n2C)N(Cc2ccccc2Cl)C1O. The van der Waals surface area contributed by atoms with Crippen molar-refractivity contribution in [1.82, 2.24) is 14.5 Å². The summed E-state index contributed by atoms with van der Waals surface area (Å²) in [4.78, 5) is 19.7. The third-order valence-electron chi connectivity index (χ3n) is 5.18. The Hall–Kier alpha value is -2.10. The van der Waals surface area contributed by atoms with Crippen molar-refractivity contribution in [2.75, 3.05) is 17.7 Å². The van der Waals surface area contributed by atoms with E-state index in [1.54, 1.807) is 18.2 Å². The van der Waals surface area contributed by atoms with Gasteiger partial charge in [0.15, 0.2) is 11.5 Å². The molecule has 1 aromatic heterocycles. The molecule has 4 rings (SSSR count). The molecule has 2 heterocycles. The first kappa shape index (κ1) is 19.2. The number of amides is 1. The van der Waals surface area contributed by atoms with Gasteiger partial charge in [-0.15, -0.1) is 0 Å². The molecule has 1 saturated carbocycles. The second-order valence-corrected chi connectivity index (χ2v) is 9.67. The fourth-order valence-corrected chi connectivity index (χ4v) is 5.44. The lowest BCUT2D eigenvalue weighted by Gasteiger charge is -2.38. The molecule has 8 nitrogen and oxygen atoms in total. The van der Waals surface area contributed by atoms with Gasteiger partial charge in [-0.05, 0) is 30.4 Å². The summed E-state index contributed by atoms with van der Waals surface area (Å²) in [7, 11) is -0.662. The Balaban J connectivity index is 1.80. The minimum atomic E-state index is -3.64. The van der Waals surface area contributed by atoms with Crippen LogP contribution in [0.1, 0.15) is 28.9 Å². The van der Waals surface area contributed by atoms with E-state index in [-0.39, 0.29) is 34.9 Å². The number of carbonyl (C=O) groups is 1. The number of anilines is 1. The molecule has 1 amide bonds.